The highest BCUT2D eigenvalue weighted by molar-refractivity contribution is 7.92. The summed E-state index contributed by atoms with van der Waals surface area (Å²) in [7, 11) is -1.36. The Hall–Kier alpha value is -4.05. The van der Waals surface area contributed by atoms with Crippen LogP contribution in [0.15, 0.2) is 71.6 Å². The maximum Gasteiger partial charge on any atom is 0.264 e. The zero-order chi connectivity index (χ0) is 31.7. The second-order valence-electron chi connectivity index (χ2n) is 10.6. The first-order chi connectivity index (χ1) is 20.4. The van der Waals surface area contributed by atoms with E-state index in [-0.39, 0.29) is 34.8 Å². The Morgan fingerprint density at radius 3 is 2.00 bits per heavy atom. The molecule has 232 valence electrons. The quantitative estimate of drug-likeness (QED) is 0.268. The van der Waals surface area contributed by atoms with Gasteiger partial charge in [-0.1, -0.05) is 61.4 Å². The minimum atomic E-state index is -4.26. The zero-order valence-corrected chi connectivity index (χ0v) is 26.9. The number of benzene rings is 3. The number of aryl methyl sites for hydroxylation is 2. The Morgan fingerprint density at radius 1 is 0.860 bits per heavy atom. The Balaban J connectivity index is 2.14. The molecule has 0 saturated heterocycles. The molecule has 0 unspecified atom stereocenters. The first-order valence-corrected chi connectivity index (χ1v) is 15.9. The van der Waals surface area contributed by atoms with Crippen LogP contribution in [0, 0.1) is 13.8 Å². The van der Waals surface area contributed by atoms with Crippen molar-refractivity contribution in [3.8, 4) is 11.5 Å². The first-order valence-electron chi connectivity index (χ1n) is 14.4. The molecule has 0 aromatic heterocycles. The molecule has 0 spiro atoms. The molecule has 3 aromatic carbocycles. The highest BCUT2D eigenvalue weighted by Crippen LogP contribution is 2.36. The molecule has 2 atom stereocenters. The lowest BCUT2D eigenvalue weighted by molar-refractivity contribution is -0.140. The van der Waals surface area contributed by atoms with Crippen molar-refractivity contribution in [1.82, 2.24) is 10.2 Å². The molecule has 0 aliphatic heterocycles. The number of carbonyl (C=O) groups is 2. The molecular formula is C33H43N3O6S. The van der Waals surface area contributed by atoms with Crippen molar-refractivity contribution in [1.29, 1.82) is 0 Å². The molecular weight excluding hydrogens is 566 g/mol. The SMILES string of the molecule is CC[C@H](C(=O)N[C@@H](C)CC)N(Cc1ccc(C)cc1)C(=O)CN(c1cc(OC)ccc1OC)S(=O)(=O)c1ccc(C)cc1. The number of anilines is 1. The van der Waals surface area contributed by atoms with Gasteiger partial charge in [-0.05, 0) is 63.4 Å². The van der Waals surface area contributed by atoms with Crippen molar-refractivity contribution in [2.75, 3.05) is 25.1 Å². The number of nitrogens with one attached hydrogen (secondary N) is 1. The van der Waals surface area contributed by atoms with Gasteiger partial charge in [0.05, 0.1) is 24.8 Å². The van der Waals surface area contributed by atoms with E-state index in [1.54, 1.807) is 24.3 Å². The fraction of sp³-hybridized carbons (Fsp3) is 0.394. The zero-order valence-electron chi connectivity index (χ0n) is 26.1. The highest BCUT2D eigenvalue weighted by atomic mass is 32.2. The van der Waals surface area contributed by atoms with Crippen molar-refractivity contribution in [2.45, 2.75) is 71.0 Å². The molecule has 0 saturated carbocycles. The van der Waals surface area contributed by atoms with Crippen molar-refractivity contribution in [2.24, 2.45) is 0 Å². The number of ether oxygens (including phenoxy) is 2. The summed E-state index contributed by atoms with van der Waals surface area (Å²) in [6.45, 7) is 9.09. The molecule has 0 heterocycles. The Morgan fingerprint density at radius 2 is 1.47 bits per heavy atom. The Labute approximate surface area is 255 Å². The second-order valence-corrected chi connectivity index (χ2v) is 12.5. The normalized spacial score (nSPS) is 12.6. The lowest BCUT2D eigenvalue weighted by Crippen LogP contribution is -2.53. The minimum absolute atomic E-state index is 0.0161. The fourth-order valence-electron chi connectivity index (χ4n) is 4.59. The van der Waals surface area contributed by atoms with Crippen LogP contribution in [0.2, 0.25) is 0 Å². The monoisotopic (exact) mass is 609 g/mol. The molecule has 3 rings (SSSR count). The average Bonchev–Trinajstić information content (AvgIpc) is 3.00. The molecule has 0 fully saturated rings. The number of hydrogen-bond acceptors (Lipinski definition) is 6. The van der Waals surface area contributed by atoms with Gasteiger partial charge in [-0.15, -0.1) is 0 Å². The van der Waals surface area contributed by atoms with E-state index in [1.807, 2.05) is 58.9 Å². The maximum absolute atomic E-state index is 14.3. The van der Waals surface area contributed by atoms with Gasteiger partial charge in [0.25, 0.3) is 10.0 Å². The van der Waals surface area contributed by atoms with Crippen LogP contribution in [0.25, 0.3) is 0 Å². The predicted molar refractivity (Wildman–Crippen MR) is 169 cm³/mol. The van der Waals surface area contributed by atoms with E-state index in [2.05, 4.69) is 5.32 Å². The van der Waals surface area contributed by atoms with Gasteiger partial charge in [0.2, 0.25) is 11.8 Å². The third-order valence-electron chi connectivity index (χ3n) is 7.40. The predicted octanol–water partition coefficient (Wildman–Crippen LogP) is 5.24. The molecule has 0 aliphatic carbocycles. The van der Waals surface area contributed by atoms with Gasteiger partial charge in [-0.2, -0.15) is 0 Å². The van der Waals surface area contributed by atoms with E-state index in [1.165, 1.54) is 37.3 Å². The molecule has 0 radical (unpaired) electrons. The van der Waals surface area contributed by atoms with Crippen molar-refractivity contribution < 1.29 is 27.5 Å². The van der Waals surface area contributed by atoms with Crippen LogP contribution in [0.4, 0.5) is 5.69 Å². The van der Waals surface area contributed by atoms with Gasteiger partial charge in [0.1, 0.15) is 24.1 Å². The average molecular weight is 610 g/mol. The maximum atomic E-state index is 14.3. The fourth-order valence-corrected chi connectivity index (χ4v) is 6.01. The molecule has 10 heteroatoms. The number of hydrogen-bond donors (Lipinski definition) is 1. The second kappa shape index (κ2) is 14.9. The van der Waals surface area contributed by atoms with Crippen LogP contribution in [0.5, 0.6) is 11.5 Å². The van der Waals surface area contributed by atoms with Crippen LogP contribution in [0.3, 0.4) is 0 Å². The van der Waals surface area contributed by atoms with Gasteiger partial charge in [0.15, 0.2) is 0 Å². The molecule has 0 aliphatic rings. The lowest BCUT2D eigenvalue weighted by Gasteiger charge is -2.34. The number of rotatable bonds is 14. The molecule has 2 amide bonds. The van der Waals surface area contributed by atoms with Gasteiger partial charge in [-0.25, -0.2) is 8.42 Å². The van der Waals surface area contributed by atoms with Crippen LogP contribution >= 0.6 is 0 Å². The number of carbonyl (C=O) groups excluding carboxylic acids is 2. The summed E-state index contributed by atoms with van der Waals surface area (Å²) in [4.78, 5) is 29.2. The van der Waals surface area contributed by atoms with Crippen LogP contribution in [0.1, 0.15) is 50.3 Å². The van der Waals surface area contributed by atoms with Gasteiger partial charge in [-0.3, -0.25) is 13.9 Å². The summed E-state index contributed by atoms with van der Waals surface area (Å²) in [5.41, 5.74) is 2.91. The highest BCUT2D eigenvalue weighted by Gasteiger charge is 2.35. The number of methoxy groups -OCH3 is 2. The molecule has 1 N–H and O–H groups in total. The Bertz CT molecular complexity index is 1490. The number of nitrogens with zero attached hydrogens (tertiary/aromatic N) is 2. The van der Waals surface area contributed by atoms with E-state index in [0.717, 1.165) is 27.4 Å². The molecule has 43 heavy (non-hydrogen) atoms. The van der Waals surface area contributed by atoms with E-state index >= 15 is 0 Å². The van der Waals surface area contributed by atoms with Gasteiger partial charge < -0.3 is 19.7 Å². The van der Waals surface area contributed by atoms with Crippen LogP contribution in [-0.2, 0) is 26.2 Å². The summed E-state index contributed by atoms with van der Waals surface area (Å²) < 4.78 is 40.4. The van der Waals surface area contributed by atoms with Crippen molar-refractivity contribution >= 4 is 27.5 Å². The van der Waals surface area contributed by atoms with Crippen LogP contribution in [-0.4, -0.2) is 58.0 Å². The van der Waals surface area contributed by atoms with E-state index in [4.69, 9.17) is 9.47 Å². The lowest BCUT2D eigenvalue weighted by atomic mass is 10.1. The van der Waals surface area contributed by atoms with Crippen molar-refractivity contribution in [3.05, 3.63) is 83.4 Å². The van der Waals surface area contributed by atoms with Gasteiger partial charge >= 0.3 is 0 Å². The van der Waals surface area contributed by atoms with E-state index < -0.39 is 28.5 Å². The summed E-state index contributed by atoms with van der Waals surface area (Å²) in [6, 6.07) is 18.0. The van der Waals surface area contributed by atoms with Crippen LogP contribution < -0.4 is 19.1 Å². The smallest absolute Gasteiger partial charge is 0.264 e. The summed E-state index contributed by atoms with van der Waals surface area (Å²) in [5, 5.41) is 2.99. The standard InChI is InChI=1S/C33H43N3O6S/c1-8-25(5)34-33(38)29(9-2)35(21-26-14-10-23(3)11-15-26)32(37)22-36(30-20-27(41-6)16-19-31(30)42-7)43(39,40)28-17-12-24(4)13-18-28/h10-20,25,29H,8-9,21-22H2,1-7H3,(H,34,38)/t25-,29+/m0/s1. The molecule has 9 nitrogen and oxygen atoms in total. The van der Waals surface area contributed by atoms with Gasteiger partial charge in [0, 0.05) is 18.7 Å². The number of amides is 2. The largest absolute Gasteiger partial charge is 0.497 e. The van der Waals surface area contributed by atoms with E-state index in [9.17, 15) is 18.0 Å². The van der Waals surface area contributed by atoms with Crippen molar-refractivity contribution in [3.63, 3.8) is 0 Å². The Kier molecular flexibility index (Phi) is 11.6. The summed E-state index contributed by atoms with van der Waals surface area (Å²) in [5.74, 6) is -0.185. The topological polar surface area (TPSA) is 105 Å². The minimum Gasteiger partial charge on any atom is -0.497 e. The first kappa shape index (κ1) is 33.5. The molecule has 0 bridgehead atoms. The third kappa shape index (κ3) is 8.28. The summed E-state index contributed by atoms with van der Waals surface area (Å²) in [6.07, 6.45) is 1.07. The van der Waals surface area contributed by atoms with E-state index in [0.29, 0.717) is 12.2 Å². The summed E-state index contributed by atoms with van der Waals surface area (Å²) >= 11 is 0. The third-order valence-corrected chi connectivity index (χ3v) is 9.18. The number of sulfonamides is 1. The molecule has 3 aromatic rings.